The van der Waals surface area contributed by atoms with Crippen LogP contribution in [0.2, 0.25) is 0 Å². The van der Waals surface area contributed by atoms with Crippen LogP contribution in [0.5, 0.6) is 17.2 Å². The molecule has 24 heavy (non-hydrogen) atoms. The van der Waals surface area contributed by atoms with Crippen LogP contribution in [0.15, 0.2) is 16.9 Å². The van der Waals surface area contributed by atoms with Crippen LogP contribution in [0.25, 0.3) is 10.9 Å². The first-order valence-corrected chi connectivity index (χ1v) is 7.62. The zero-order valence-electron chi connectivity index (χ0n) is 14.0. The lowest BCUT2D eigenvalue weighted by molar-refractivity contribution is 0.0518. The molecule has 0 radical (unpaired) electrons. The van der Waals surface area contributed by atoms with Crippen molar-refractivity contribution in [2.75, 3.05) is 20.3 Å². The highest BCUT2D eigenvalue weighted by Gasteiger charge is 2.35. The van der Waals surface area contributed by atoms with E-state index >= 15 is 0 Å². The third-order valence-electron chi connectivity index (χ3n) is 4.08. The van der Waals surface area contributed by atoms with E-state index in [1.54, 1.807) is 19.1 Å². The fourth-order valence-corrected chi connectivity index (χ4v) is 2.95. The van der Waals surface area contributed by atoms with Gasteiger partial charge in [0.15, 0.2) is 5.56 Å². The van der Waals surface area contributed by atoms with E-state index in [9.17, 15) is 14.7 Å². The van der Waals surface area contributed by atoms with Crippen molar-refractivity contribution < 1.29 is 24.1 Å². The standard InChI is InChI=1S/C17H19NO6/c1-5-23-16(21)12-14(19)10-6-9(22-4)7-11-13(10)18(15(12)20)17(2,3)8-24-11/h6-7,19H,5,8H2,1-4H3. The number of aromatic nitrogens is 1. The van der Waals surface area contributed by atoms with Gasteiger partial charge in [0.2, 0.25) is 0 Å². The number of benzene rings is 1. The summed E-state index contributed by atoms with van der Waals surface area (Å²) in [5.41, 5.74) is -1.23. The van der Waals surface area contributed by atoms with Crippen molar-refractivity contribution in [3.8, 4) is 17.2 Å². The molecule has 1 aliphatic heterocycles. The number of nitrogens with zero attached hydrogens (tertiary/aromatic N) is 1. The molecular formula is C17H19NO6. The lowest BCUT2D eigenvalue weighted by atomic mass is 9.99. The number of aromatic hydroxyl groups is 1. The molecule has 0 saturated carbocycles. The number of hydrogen-bond donors (Lipinski definition) is 1. The second kappa shape index (κ2) is 5.43. The Morgan fingerprint density at radius 3 is 2.75 bits per heavy atom. The number of carbonyl (C=O) groups is 1. The maximum Gasteiger partial charge on any atom is 0.347 e. The Morgan fingerprint density at radius 1 is 1.42 bits per heavy atom. The van der Waals surface area contributed by atoms with E-state index in [2.05, 4.69) is 0 Å². The van der Waals surface area contributed by atoms with Gasteiger partial charge in [0.25, 0.3) is 5.56 Å². The average Bonchev–Trinajstić information content (AvgIpc) is 2.52. The predicted octanol–water partition coefficient (Wildman–Crippen LogP) is 2.02. The van der Waals surface area contributed by atoms with Crippen LogP contribution in [0, 0.1) is 0 Å². The summed E-state index contributed by atoms with van der Waals surface area (Å²) in [6.07, 6.45) is 0. The molecule has 0 unspecified atom stereocenters. The molecule has 1 aliphatic rings. The number of ether oxygens (including phenoxy) is 3. The largest absolute Gasteiger partial charge is 0.506 e. The minimum absolute atomic E-state index is 0.103. The lowest BCUT2D eigenvalue weighted by Gasteiger charge is -2.35. The molecule has 0 fully saturated rings. The number of methoxy groups -OCH3 is 1. The van der Waals surface area contributed by atoms with Crippen LogP contribution in [0.1, 0.15) is 31.1 Å². The van der Waals surface area contributed by atoms with Crippen LogP contribution in [-0.2, 0) is 10.3 Å². The van der Waals surface area contributed by atoms with Crippen LogP contribution >= 0.6 is 0 Å². The fraction of sp³-hybridized carbons (Fsp3) is 0.412. The topological polar surface area (TPSA) is 87.0 Å². The summed E-state index contributed by atoms with van der Waals surface area (Å²) in [5.74, 6) is -0.401. The normalized spacial score (nSPS) is 15.0. The summed E-state index contributed by atoms with van der Waals surface area (Å²) >= 11 is 0. The number of rotatable bonds is 3. The SMILES string of the molecule is CCOC(=O)c1c(O)c2cc(OC)cc3c2n(c1=O)C(C)(C)CO3. The molecule has 7 heteroatoms. The van der Waals surface area contributed by atoms with E-state index in [-0.39, 0.29) is 18.8 Å². The zero-order chi connectivity index (χ0) is 17.6. The van der Waals surface area contributed by atoms with Gasteiger partial charge in [-0.15, -0.1) is 0 Å². The summed E-state index contributed by atoms with van der Waals surface area (Å²) in [5, 5.41) is 10.9. The average molecular weight is 333 g/mol. The third kappa shape index (κ3) is 2.19. The Hall–Kier alpha value is -2.70. The number of carbonyl (C=O) groups excluding carboxylic acids is 1. The lowest BCUT2D eigenvalue weighted by Crippen LogP contribution is -2.45. The van der Waals surface area contributed by atoms with E-state index in [4.69, 9.17) is 14.2 Å². The number of esters is 1. The maximum absolute atomic E-state index is 12.9. The molecule has 0 spiro atoms. The number of hydrogen-bond acceptors (Lipinski definition) is 6. The van der Waals surface area contributed by atoms with Crippen molar-refractivity contribution in [2.24, 2.45) is 0 Å². The first-order chi connectivity index (χ1) is 11.3. The van der Waals surface area contributed by atoms with Gasteiger partial charge in [0.05, 0.1) is 24.8 Å². The molecular weight excluding hydrogens is 314 g/mol. The highest BCUT2D eigenvalue weighted by Crippen LogP contribution is 2.41. The summed E-state index contributed by atoms with van der Waals surface area (Å²) in [6.45, 7) is 5.64. The van der Waals surface area contributed by atoms with Gasteiger partial charge in [-0.1, -0.05) is 0 Å². The molecule has 2 heterocycles. The van der Waals surface area contributed by atoms with E-state index in [1.165, 1.54) is 11.7 Å². The van der Waals surface area contributed by atoms with Crippen molar-refractivity contribution in [2.45, 2.75) is 26.3 Å². The molecule has 2 aromatic rings. The van der Waals surface area contributed by atoms with Gasteiger partial charge in [-0.25, -0.2) is 4.79 Å². The van der Waals surface area contributed by atoms with Crippen molar-refractivity contribution in [1.29, 1.82) is 0 Å². The Morgan fingerprint density at radius 2 is 2.12 bits per heavy atom. The van der Waals surface area contributed by atoms with Gasteiger partial charge in [0, 0.05) is 11.5 Å². The maximum atomic E-state index is 12.9. The van der Waals surface area contributed by atoms with Crippen molar-refractivity contribution in [1.82, 2.24) is 4.57 Å². The smallest absolute Gasteiger partial charge is 0.347 e. The molecule has 1 N–H and O–H groups in total. The summed E-state index contributed by atoms with van der Waals surface area (Å²) in [4.78, 5) is 25.1. The van der Waals surface area contributed by atoms with Crippen molar-refractivity contribution in [3.63, 3.8) is 0 Å². The predicted molar refractivity (Wildman–Crippen MR) is 87.2 cm³/mol. The van der Waals surface area contributed by atoms with Crippen molar-refractivity contribution >= 4 is 16.9 Å². The Kier molecular flexibility index (Phi) is 3.66. The van der Waals surface area contributed by atoms with Crippen LogP contribution in [-0.4, -0.2) is 36.0 Å². The Balaban J connectivity index is 2.49. The van der Waals surface area contributed by atoms with Gasteiger partial charge in [-0.2, -0.15) is 0 Å². The van der Waals surface area contributed by atoms with Gasteiger partial charge in [0.1, 0.15) is 23.9 Å². The molecule has 0 aliphatic carbocycles. The monoisotopic (exact) mass is 333 g/mol. The first kappa shape index (κ1) is 16.2. The Labute approximate surface area is 138 Å². The first-order valence-electron chi connectivity index (χ1n) is 7.62. The molecule has 1 aromatic carbocycles. The zero-order valence-corrected chi connectivity index (χ0v) is 14.0. The van der Waals surface area contributed by atoms with Crippen LogP contribution in [0.4, 0.5) is 0 Å². The van der Waals surface area contributed by atoms with E-state index < -0.39 is 22.8 Å². The summed E-state index contributed by atoms with van der Waals surface area (Å²) < 4.78 is 17.4. The highest BCUT2D eigenvalue weighted by molar-refractivity contribution is 6.01. The molecule has 128 valence electrons. The van der Waals surface area contributed by atoms with E-state index in [0.717, 1.165) is 0 Å². The molecule has 0 amide bonds. The van der Waals surface area contributed by atoms with Crippen LogP contribution in [0.3, 0.4) is 0 Å². The molecule has 7 nitrogen and oxygen atoms in total. The summed E-state index contributed by atoms with van der Waals surface area (Å²) in [6, 6.07) is 3.22. The quantitative estimate of drug-likeness (QED) is 0.865. The molecule has 0 atom stereocenters. The molecule has 0 saturated heterocycles. The minimum atomic E-state index is -0.850. The number of pyridine rings is 1. The highest BCUT2D eigenvalue weighted by atomic mass is 16.5. The van der Waals surface area contributed by atoms with Crippen LogP contribution < -0.4 is 15.0 Å². The fourth-order valence-electron chi connectivity index (χ4n) is 2.95. The van der Waals surface area contributed by atoms with Crippen molar-refractivity contribution in [3.05, 3.63) is 28.0 Å². The summed E-state index contributed by atoms with van der Waals surface area (Å²) in [7, 11) is 1.49. The molecule has 3 rings (SSSR count). The van der Waals surface area contributed by atoms with Gasteiger partial charge in [-0.3, -0.25) is 9.36 Å². The second-order valence-electron chi connectivity index (χ2n) is 6.21. The van der Waals surface area contributed by atoms with E-state index in [0.29, 0.717) is 22.4 Å². The van der Waals surface area contributed by atoms with Gasteiger partial charge in [-0.05, 0) is 26.8 Å². The molecule has 1 aromatic heterocycles. The second-order valence-corrected chi connectivity index (χ2v) is 6.21. The molecule has 0 bridgehead atoms. The van der Waals surface area contributed by atoms with Gasteiger partial charge >= 0.3 is 5.97 Å². The minimum Gasteiger partial charge on any atom is -0.506 e. The van der Waals surface area contributed by atoms with E-state index in [1.807, 2.05) is 13.8 Å². The van der Waals surface area contributed by atoms with Gasteiger partial charge < -0.3 is 19.3 Å². The Bertz CT molecular complexity index is 896. The third-order valence-corrected chi connectivity index (χ3v) is 4.08.